The minimum Gasteiger partial charge on any atom is -0.478 e. The smallest absolute Gasteiger partial charge is 0.206 e. The lowest BCUT2D eigenvalue weighted by atomic mass is 10.4. The number of nitrogens with zero attached hydrogens (tertiary/aromatic N) is 1. The summed E-state index contributed by atoms with van der Waals surface area (Å²) < 4.78 is 5.05. The Bertz CT molecular complexity index is 144. The van der Waals surface area contributed by atoms with Gasteiger partial charge in [0.05, 0.1) is 6.54 Å². The molecule has 2 nitrogen and oxygen atoms in total. The van der Waals surface area contributed by atoms with Crippen molar-refractivity contribution in [2.75, 3.05) is 13.2 Å². The third-order valence-corrected chi connectivity index (χ3v) is 1.42. The van der Waals surface area contributed by atoms with Gasteiger partial charge in [0.2, 0.25) is 5.90 Å². The van der Waals surface area contributed by atoms with Gasteiger partial charge in [-0.15, -0.1) is 18.2 Å². The molecule has 0 fully saturated rings. The number of aliphatic imine (C=N–C) groups is 1. The van der Waals surface area contributed by atoms with E-state index in [4.69, 9.17) is 16.3 Å². The molecule has 1 aliphatic heterocycles. The summed E-state index contributed by atoms with van der Waals surface area (Å²) in [6.45, 7) is 4.90. The molecular formula is C6H8ClNO. The molecule has 1 heterocycles. The summed E-state index contributed by atoms with van der Waals surface area (Å²) in [6.07, 6.45) is 1.60. The zero-order valence-electron chi connectivity index (χ0n) is 5.01. The Balaban J connectivity index is 2.50. The van der Waals surface area contributed by atoms with E-state index in [2.05, 4.69) is 11.6 Å². The lowest BCUT2D eigenvalue weighted by Crippen LogP contribution is -2.11. The first-order valence-corrected chi connectivity index (χ1v) is 3.22. The highest BCUT2D eigenvalue weighted by Gasteiger charge is 2.13. The lowest BCUT2D eigenvalue weighted by molar-refractivity contribution is 0.342. The summed E-state index contributed by atoms with van der Waals surface area (Å²) in [5.41, 5.74) is 0. The normalized spacial score (nSPS) is 20.3. The van der Waals surface area contributed by atoms with Crippen LogP contribution in [0.25, 0.3) is 0 Å². The van der Waals surface area contributed by atoms with Crippen molar-refractivity contribution in [3.63, 3.8) is 0 Å². The predicted octanol–water partition coefficient (Wildman–Crippen LogP) is 1.21. The summed E-state index contributed by atoms with van der Waals surface area (Å²) in [5.74, 6) is 0.603. The first-order chi connectivity index (χ1) is 4.34. The zero-order valence-corrected chi connectivity index (χ0v) is 5.77. The molecular weight excluding hydrogens is 138 g/mol. The Labute approximate surface area is 59.2 Å². The average molecular weight is 146 g/mol. The number of hydrogen-bond acceptors (Lipinski definition) is 2. The summed E-state index contributed by atoms with van der Waals surface area (Å²) in [4.78, 5) is 4.00. The molecule has 0 aromatic heterocycles. The van der Waals surface area contributed by atoms with Gasteiger partial charge in [-0.1, -0.05) is 6.08 Å². The number of rotatable bonds is 2. The number of halogens is 1. The van der Waals surface area contributed by atoms with Gasteiger partial charge in [0.15, 0.2) is 0 Å². The molecule has 0 amide bonds. The van der Waals surface area contributed by atoms with Crippen molar-refractivity contribution >= 4 is 17.5 Å². The third kappa shape index (κ3) is 1.45. The highest BCUT2D eigenvalue weighted by Crippen LogP contribution is 2.05. The van der Waals surface area contributed by atoms with Crippen LogP contribution in [-0.4, -0.2) is 24.4 Å². The van der Waals surface area contributed by atoms with E-state index in [0.29, 0.717) is 12.5 Å². The molecule has 0 aromatic rings. The van der Waals surface area contributed by atoms with Crippen LogP contribution in [0.1, 0.15) is 0 Å². The quantitative estimate of drug-likeness (QED) is 0.423. The second kappa shape index (κ2) is 2.87. The fourth-order valence-corrected chi connectivity index (χ4v) is 0.751. The Morgan fingerprint density at radius 3 is 3.11 bits per heavy atom. The number of hydrogen-bond donors (Lipinski definition) is 0. The molecule has 0 aliphatic carbocycles. The zero-order chi connectivity index (χ0) is 6.69. The maximum absolute atomic E-state index is 5.70. The number of ether oxygens (including phenoxy) is 1. The Morgan fingerprint density at radius 1 is 1.89 bits per heavy atom. The van der Waals surface area contributed by atoms with Gasteiger partial charge >= 0.3 is 0 Å². The molecule has 0 radical (unpaired) electrons. The molecule has 1 aliphatic rings. The van der Waals surface area contributed by atoms with Crippen LogP contribution in [0, 0.1) is 0 Å². The lowest BCUT2D eigenvalue weighted by Gasteiger charge is -2.01. The van der Waals surface area contributed by atoms with Gasteiger partial charge in [0, 0.05) is 0 Å². The third-order valence-electron chi connectivity index (χ3n) is 1.05. The monoisotopic (exact) mass is 145 g/mol. The molecule has 1 atom stereocenters. The standard InChI is InChI=1S/C6H8ClNO/c1-2-5(7)6-8-3-4-9-6/h2,5H,1,3-4H2. The van der Waals surface area contributed by atoms with Gasteiger partial charge in [-0.3, -0.25) is 4.99 Å². The Morgan fingerprint density at radius 2 is 2.67 bits per heavy atom. The second-order valence-electron chi connectivity index (χ2n) is 1.71. The van der Waals surface area contributed by atoms with E-state index in [0.717, 1.165) is 6.54 Å². The van der Waals surface area contributed by atoms with Crippen LogP contribution in [0.2, 0.25) is 0 Å². The van der Waals surface area contributed by atoms with E-state index < -0.39 is 0 Å². The summed E-state index contributed by atoms with van der Waals surface area (Å²) in [7, 11) is 0. The van der Waals surface area contributed by atoms with Crippen molar-refractivity contribution < 1.29 is 4.74 Å². The molecule has 0 saturated heterocycles. The largest absolute Gasteiger partial charge is 0.478 e. The summed E-state index contributed by atoms with van der Waals surface area (Å²) >= 11 is 5.70. The van der Waals surface area contributed by atoms with Crippen molar-refractivity contribution in [1.29, 1.82) is 0 Å². The van der Waals surface area contributed by atoms with Gasteiger partial charge in [-0.2, -0.15) is 0 Å². The van der Waals surface area contributed by atoms with Crippen LogP contribution in [0.3, 0.4) is 0 Å². The molecule has 50 valence electrons. The topological polar surface area (TPSA) is 21.6 Å². The predicted molar refractivity (Wildman–Crippen MR) is 38.1 cm³/mol. The van der Waals surface area contributed by atoms with Crippen molar-refractivity contribution in [3.05, 3.63) is 12.7 Å². The van der Waals surface area contributed by atoms with Crippen molar-refractivity contribution in [2.45, 2.75) is 5.38 Å². The summed E-state index contributed by atoms with van der Waals surface area (Å²) in [6, 6.07) is 0. The molecule has 1 unspecified atom stereocenters. The van der Waals surface area contributed by atoms with E-state index in [-0.39, 0.29) is 5.38 Å². The van der Waals surface area contributed by atoms with Crippen LogP contribution in [-0.2, 0) is 4.74 Å². The van der Waals surface area contributed by atoms with Gasteiger partial charge in [0.1, 0.15) is 12.0 Å². The van der Waals surface area contributed by atoms with Crippen LogP contribution in [0.4, 0.5) is 0 Å². The minimum absolute atomic E-state index is 0.243. The van der Waals surface area contributed by atoms with Crippen LogP contribution in [0.15, 0.2) is 17.6 Å². The van der Waals surface area contributed by atoms with Gasteiger partial charge < -0.3 is 4.74 Å². The van der Waals surface area contributed by atoms with Gasteiger partial charge in [-0.05, 0) is 0 Å². The van der Waals surface area contributed by atoms with E-state index >= 15 is 0 Å². The van der Waals surface area contributed by atoms with Gasteiger partial charge in [-0.25, -0.2) is 0 Å². The highest BCUT2D eigenvalue weighted by molar-refractivity contribution is 6.32. The van der Waals surface area contributed by atoms with E-state index in [1.807, 2.05) is 0 Å². The summed E-state index contributed by atoms with van der Waals surface area (Å²) in [5, 5.41) is -0.243. The highest BCUT2D eigenvalue weighted by atomic mass is 35.5. The molecule has 1 rings (SSSR count). The Kier molecular flexibility index (Phi) is 2.11. The van der Waals surface area contributed by atoms with Crippen LogP contribution in [0.5, 0.6) is 0 Å². The fourth-order valence-electron chi connectivity index (χ4n) is 0.619. The van der Waals surface area contributed by atoms with Crippen molar-refractivity contribution in [2.24, 2.45) is 4.99 Å². The molecule has 0 aromatic carbocycles. The first-order valence-electron chi connectivity index (χ1n) is 2.78. The SMILES string of the molecule is C=CC(Cl)C1=NCCO1. The number of alkyl halides is 1. The van der Waals surface area contributed by atoms with E-state index in [9.17, 15) is 0 Å². The molecule has 9 heavy (non-hydrogen) atoms. The minimum atomic E-state index is -0.243. The molecule has 0 saturated carbocycles. The molecule has 0 N–H and O–H groups in total. The Hall–Kier alpha value is -0.500. The van der Waals surface area contributed by atoms with Crippen LogP contribution < -0.4 is 0 Å². The van der Waals surface area contributed by atoms with Crippen LogP contribution >= 0.6 is 11.6 Å². The maximum Gasteiger partial charge on any atom is 0.206 e. The fraction of sp³-hybridized carbons (Fsp3) is 0.500. The molecule has 0 bridgehead atoms. The molecule has 0 spiro atoms. The van der Waals surface area contributed by atoms with Gasteiger partial charge in [0.25, 0.3) is 0 Å². The van der Waals surface area contributed by atoms with Crippen molar-refractivity contribution in [1.82, 2.24) is 0 Å². The first kappa shape index (κ1) is 6.62. The van der Waals surface area contributed by atoms with E-state index in [1.54, 1.807) is 6.08 Å². The molecule has 3 heteroatoms. The maximum atomic E-state index is 5.70. The van der Waals surface area contributed by atoms with Crippen molar-refractivity contribution in [3.8, 4) is 0 Å². The second-order valence-corrected chi connectivity index (χ2v) is 2.18. The van der Waals surface area contributed by atoms with E-state index in [1.165, 1.54) is 0 Å². The average Bonchev–Trinajstić information content (AvgIpc) is 2.37.